The topological polar surface area (TPSA) is 93.9 Å². The molecule has 0 fully saturated rings. The molecule has 0 atom stereocenters. The van der Waals surface area contributed by atoms with Crippen molar-refractivity contribution < 1.29 is 9.15 Å². The van der Waals surface area contributed by atoms with Gasteiger partial charge in [0.2, 0.25) is 11.3 Å². The Morgan fingerprint density at radius 1 is 1.42 bits per heavy atom. The molecule has 0 aliphatic carbocycles. The second-order valence-corrected chi connectivity index (χ2v) is 3.78. The number of para-hydroxylation sites is 1. The average Bonchev–Trinajstić information content (AvgIpc) is 2.94. The van der Waals surface area contributed by atoms with E-state index in [0.29, 0.717) is 23.3 Å². The predicted molar refractivity (Wildman–Crippen MR) is 66.8 cm³/mol. The zero-order valence-electron chi connectivity index (χ0n) is 10.1. The molecule has 0 saturated carbocycles. The van der Waals surface area contributed by atoms with Gasteiger partial charge in [-0.05, 0) is 24.3 Å². The van der Waals surface area contributed by atoms with E-state index in [0.717, 1.165) is 0 Å². The molecule has 7 nitrogen and oxygen atoms in total. The molecule has 0 radical (unpaired) electrons. The van der Waals surface area contributed by atoms with E-state index in [2.05, 4.69) is 20.6 Å². The minimum atomic E-state index is -0.218. The van der Waals surface area contributed by atoms with E-state index >= 15 is 0 Å². The van der Waals surface area contributed by atoms with Crippen molar-refractivity contribution in [1.29, 1.82) is 0 Å². The van der Waals surface area contributed by atoms with Crippen LogP contribution in [0.3, 0.4) is 0 Å². The molecular weight excluding hydrogens is 248 g/mol. The van der Waals surface area contributed by atoms with Crippen LogP contribution in [0.2, 0.25) is 0 Å². The third-order valence-corrected chi connectivity index (χ3v) is 2.65. The van der Waals surface area contributed by atoms with E-state index in [1.807, 2.05) is 6.92 Å². The smallest absolute Gasteiger partial charge is 0.211 e. The number of hydrogen-bond donors (Lipinski definition) is 1. The number of nitrogens with one attached hydrogen (secondary N) is 1. The monoisotopic (exact) mass is 258 g/mol. The summed E-state index contributed by atoms with van der Waals surface area (Å²) < 4.78 is 10.9. The fourth-order valence-corrected chi connectivity index (χ4v) is 1.83. The number of tetrazole rings is 1. The molecule has 0 unspecified atom stereocenters. The van der Waals surface area contributed by atoms with Gasteiger partial charge in [-0.15, -0.1) is 10.2 Å². The summed E-state index contributed by atoms with van der Waals surface area (Å²) in [6.07, 6.45) is 1.32. The molecule has 2 heterocycles. The van der Waals surface area contributed by atoms with Crippen LogP contribution in [0, 0.1) is 0 Å². The molecule has 0 amide bonds. The summed E-state index contributed by atoms with van der Waals surface area (Å²) in [5.74, 6) is 0.745. The fraction of sp³-hybridized carbons (Fsp3) is 0.167. The highest BCUT2D eigenvalue weighted by atomic mass is 16.5. The molecular formula is C12H10N4O3. The van der Waals surface area contributed by atoms with Gasteiger partial charge in [0.15, 0.2) is 11.3 Å². The number of aromatic amines is 1. The molecule has 96 valence electrons. The van der Waals surface area contributed by atoms with E-state index in [1.165, 1.54) is 6.26 Å². The number of H-pyrrole nitrogens is 1. The fourth-order valence-electron chi connectivity index (χ4n) is 1.83. The molecule has 0 spiro atoms. The van der Waals surface area contributed by atoms with E-state index in [1.54, 1.807) is 18.2 Å². The van der Waals surface area contributed by atoms with Gasteiger partial charge in [0.1, 0.15) is 11.8 Å². The molecule has 19 heavy (non-hydrogen) atoms. The first-order valence-corrected chi connectivity index (χ1v) is 5.72. The standard InChI is InChI=1S/C12H10N4O3/c1-2-18-9-5-3-4-7-10(17)8(6-19-11(7)9)12-13-15-16-14-12/h3-6H,2H2,1H3,(H,13,14,15,16). The molecule has 1 aromatic carbocycles. The number of benzene rings is 1. The normalized spacial score (nSPS) is 10.8. The summed E-state index contributed by atoms with van der Waals surface area (Å²) in [4.78, 5) is 12.3. The minimum Gasteiger partial charge on any atom is -0.490 e. The largest absolute Gasteiger partial charge is 0.490 e. The summed E-state index contributed by atoms with van der Waals surface area (Å²) in [7, 11) is 0. The van der Waals surface area contributed by atoms with Crippen molar-refractivity contribution in [2.24, 2.45) is 0 Å². The van der Waals surface area contributed by atoms with Gasteiger partial charge in [0, 0.05) is 0 Å². The number of rotatable bonds is 3. The number of aromatic nitrogens is 4. The van der Waals surface area contributed by atoms with Gasteiger partial charge in [-0.25, -0.2) is 0 Å². The first-order chi connectivity index (χ1) is 9.31. The van der Waals surface area contributed by atoms with Crippen molar-refractivity contribution in [3.8, 4) is 17.1 Å². The lowest BCUT2D eigenvalue weighted by atomic mass is 10.1. The van der Waals surface area contributed by atoms with E-state index in [9.17, 15) is 4.79 Å². The lowest BCUT2D eigenvalue weighted by Gasteiger charge is -2.05. The molecule has 3 aromatic rings. The van der Waals surface area contributed by atoms with Crippen molar-refractivity contribution in [3.63, 3.8) is 0 Å². The molecule has 3 rings (SSSR count). The summed E-state index contributed by atoms with van der Waals surface area (Å²) in [5.41, 5.74) is 0.459. The van der Waals surface area contributed by atoms with Crippen molar-refractivity contribution in [2.75, 3.05) is 6.61 Å². The van der Waals surface area contributed by atoms with Crippen LogP contribution in [0.15, 0.2) is 33.7 Å². The predicted octanol–water partition coefficient (Wildman–Crippen LogP) is 1.37. The van der Waals surface area contributed by atoms with E-state index in [4.69, 9.17) is 9.15 Å². The molecule has 0 bridgehead atoms. The van der Waals surface area contributed by atoms with Crippen molar-refractivity contribution in [3.05, 3.63) is 34.7 Å². The zero-order chi connectivity index (χ0) is 13.2. The van der Waals surface area contributed by atoms with Gasteiger partial charge in [-0.1, -0.05) is 6.07 Å². The van der Waals surface area contributed by atoms with Gasteiger partial charge in [-0.2, -0.15) is 5.21 Å². The van der Waals surface area contributed by atoms with Gasteiger partial charge in [-0.3, -0.25) is 4.79 Å². The van der Waals surface area contributed by atoms with Gasteiger partial charge >= 0.3 is 0 Å². The van der Waals surface area contributed by atoms with Crippen LogP contribution in [0.5, 0.6) is 5.75 Å². The zero-order valence-corrected chi connectivity index (χ0v) is 10.1. The third kappa shape index (κ3) is 1.85. The van der Waals surface area contributed by atoms with Gasteiger partial charge in [0.05, 0.1) is 12.0 Å². The minimum absolute atomic E-state index is 0.206. The summed E-state index contributed by atoms with van der Waals surface area (Å²) in [6, 6.07) is 5.17. The lowest BCUT2D eigenvalue weighted by Crippen LogP contribution is -2.06. The van der Waals surface area contributed by atoms with Crippen molar-refractivity contribution in [1.82, 2.24) is 20.6 Å². The van der Waals surface area contributed by atoms with Crippen LogP contribution in [-0.2, 0) is 0 Å². The van der Waals surface area contributed by atoms with E-state index in [-0.39, 0.29) is 16.8 Å². The summed E-state index contributed by atoms with van der Waals surface area (Å²) >= 11 is 0. The number of nitrogens with zero attached hydrogens (tertiary/aromatic N) is 3. The van der Waals surface area contributed by atoms with Crippen LogP contribution in [0.1, 0.15) is 6.92 Å². The van der Waals surface area contributed by atoms with Crippen LogP contribution < -0.4 is 10.2 Å². The highest BCUT2D eigenvalue weighted by Crippen LogP contribution is 2.25. The molecule has 2 aromatic heterocycles. The van der Waals surface area contributed by atoms with Crippen molar-refractivity contribution >= 4 is 11.0 Å². The Hall–Kier alpha value is -2.70. The Balaban J connectivity index is 2.26. The lowest BCUT2D eigenvalue weighted by molar-refractivity contribution is 0.338. The first-order valence-electron chi connectivity index (χ1n) is 5.72. The van der Waals surface area contributed by atoms with Gasteiger partial charge < -0.3 is 9.15 Å². The Labute approximate surface area is 107 Å². The second-order valence-electron chi connectivity index (χ2n) is 3.78. The maximum absolute atomic E-state index is 12.3. The second kappa shape index (κ2) is 4.52. The Morgan fingerprint density at radius 3 is 3.05 bits per heavy atom. The highest BCUT2D eigenvalue weighted by Gasteiger charge is 2.14. The van der Waals surface area contributed by atoms with Crippen LogP contribution in [0.4, 0.5) is 0 Å². The SMILES string of the molecule is CCOc1cccc2c(=O)c(-c3nn[nH]n3)coc12. The number of ether oxygens (including phenoxy) is 1. The highest BCUT2D eigenvalue weighted by molar-refractivity contribution is 5.85. The number of hydrogen-bond acceptors (Lipinski definition) is 6. The maximum Gasteiger partial charge on any atom is 0.211 e. The average molecular weight is 258 g/mol. The molecule has 0 aliphatic rings. The van der Waals surface area contributed by atoms with Crippen LogP contribution >= 0.6 is 0 Å². The number of fused-ring (bicyclic) bond motifs is 1. The van der Waals surface area contributed by atoms with E-state index < -0.39 is 0 Å². The summed E-state index contributed by atoms with van der Waals surface area (Å²) in [6.45, 7) is 2.36. The van der Waals surface area contributed by atoms with Crippen LogP contribution in [-0.4, -0.2) is 27.2 Å². The van der Waals surface area contributed by atoms with Crippen LogP contribution in [0.25, 0.3) is 22.4 Å². The first kappa shape index (κ1) is 11.4. The van der Waals surface area contributed by atoms with Gasteiger partial charge in [0.25, 0.3) is 0 Å². The van der Waals surface area contributed by atoms with Crippen molar-refractivity contribution in [2.45, 2.75) is 6.92 Å². The third-order valence-electron chi connectivity index (χ3n) is 2.65. The Bertz CT molecular complexity index is 764. The molecule has 0 saturated heterocycles. The Kier molecular flexibility index (Phi) is 2.71. The molecule has 7 heteroatoms. The molecule has 1 N–H and O–H groups in total. The summed E-state index contributed by atoms with van der Waals surface area (Å²) in [5, 5.41) is 13.7. The maximum atomic E-state index is 12.3. The quantitative estimate of drug-likeness (QED) is 0.762. The Morgan fingerprint density at radius 2 is 2.32 bits per heavy atom. The molecule has 0 aliphatic heterocycles.